The van der Waals surface area contributed by atoms with Crippen molar-refractivity contribution in [3.8, 4) is 11.5 Å². The Morgan fingerprint density at radius 3 is 2.38 bits per heavy atom. The largest absolute Gasteiger partial charge is 0.454 e. The van der Waals surface area contributed by atoms with Gasteiger partial charge in [-0.25, -0.2) is 4.39 Å². The van der Waals surface area contributed by atoms with Crippen LogP contribution in [-0.2, 0) is 16.6 Å². The highest BCUT2D eigenvalue weighted by molar-refractivity contribution is 7.90. The zero-order valence-electron chi connectivity index (χ0n) is 18.5. The summed E-state index contributed by atoms with van der Waals surface area (Å²) in [7, 11) is -3.99. The second-order valence-electron chi connectivity index (χ2n) is 8.31. The minimum Gasteiger partial charge on any atom is -0.454 e. The van der Waals surface area contributed by atoms with E-state index in [-0.39, 0.29) is 11.7 Å². The number of hydrogen-bond acceptors (Lipinski definition) is 4. The van der Waals surface area contributed by atoms with Crippen LogP contribution in [0, 0.1) is 5.82 Å². The van der Waals surface area contributed by atoms with Crippen molar-refractivity contribution >= 4 is 15.9 Å². The molecular weight excluding hydrogens is 457 g/mol. The number of benzene rings is 3. The number of rotatable bonds is 5. The van der Waals surface area contributed by atoms with E-state index in [0.29, 0.717) is 18.9 Å². The van der Waals surface area contributed by atoms with Crippen LogP contribution < -0.4 is 14.4 Å². The zero-order chi connectivity index (χ0) is 23.5. The normalized spacial score (nSPS) is 16.6. The Kier molecular flexibility index (Phi) is 6.21. The van der Waals surface area contributed by atoms with Crippen molar-refractivity contribution in [2.24, 2.45) is 4.40 Å². The summed E-state index contributed by atoms with van der Waals surface area (Å²) < 4.78 is 54.4. The molecule has 0 saturated carbocycles. The molecule has 0 amide bonds. The van der Waals surface area contributed by atoms with Crippen LogP contribution in [0.4, 0.5) is 4.39 Å². The highest BCUT2D eigenvalue weighted by atomic mass is 32.2. The van der Waals surface area contributed by atoms with Crippen LogP contribution in [0.1, 0.15) is 11.1 Å². The molecule has 0 atom stereocenters. The third-order valence-corrected chi connectivity index (χ3v) is 7.29. The van der Waals surface area contributed by atoms with Gasteiger partial charge in [-0.1, -0.05) is 30.3 Å². The maximum atomic E-state index is 13.3. The van der Waals surface area contributed by atoms with Crippen molar-refractivity contribution in [1.82, 2.24) is 4.90 Å². The number of ether oxygens (including phenoxy) is 2. The monoisotopic (exact) mass is 482 g/mol. The first-order valence-corrected chi connectivity index (χ1v) is 12.5. The Hall–Kier alpha value is -3.43. The molecule has 0 bridgehead atoms. The van der Waals surface area contributed by atoms with Crippen molar-refractivity contribution in [2.45, 2.75) is 11.4 Å². The lowest BCUT2D eigenvalue weighted by Gasteiger charge is -2.34. The fourth-order valence-electron chi connectivity index (χ4n) is 4.20. The molecular formula is C25H25FN3O4S+. The van der Waals surface area contributed by atoms with Crippen LogP contribution in [0.2, 0.25) is 0 Å². The molecule has 0 aliphatic carbocycles. The van der Waals surface area contributed by atoms with Crippen molar-refractivity contribution in [2.75, 3.05) is 33.0 Å². The number of fused-ring (bicyclic) bond motifs is 1. The number of nitrogens with one attached hydrogen (secondary N) is 1. The van der Waals surface area contributed by atoms with Crippen molar-refractivity contribution in [1.29, 1.82) is 0 Å². The van der Waals surface area contributed by atoms with E-state index in [1.54, 1.807) is 0 Å². The molecule has 7 nitrogen and oxygen atoms in total. The Labute approximate surface area is 198 Å². The Bertz CT molecular complexity index is 1290. The van der Waals surface area contributed by atoms with Crippen molar-refractivity contribution < 1.29 is 27.2 Å². The minimum atomic E-state index is -3.99. The third-order valence-electron chi connectivity index (χ3n) is 6.01. The minimum absolute atomic E-state index is 0.0330. The summed E-state index contributed by atoms with van der Waals surface area (Å²) in [6, 6.07) is 20.0. The van der Waals surface area contributed by atoms with E-state index in [1.165, 1.54) is 22.6 Å². The first kappa shape index (κ1) is 22.4. The van der Waals surface area contributed by atoms with Gasteiger partial charge in [0.05, 0.1) is 31.1 Å². The average Bonchev–Trinajstić information content (AvgIpc) is 3.32. The Balaban J connectivity index is 1.34. The molecule has 5 rings (SSSR count). The number of hydrogen-bond donors (Lipinski definition) is 1. The van der Waals surface area contributed by atoms with E-state index in [2.05, 4.69) is 10.5 Å². The highest BCUT2D eigenvalue weighted by Crippen LogP contribution is 2.32. The number of quaternary nitrogens is 1. The molecule has 0 spiro atoms. The van der Waals surface area contributed by atoms with Crippen LogP contribution in [0.3, 0.4) is 0 Å². The smallest absolute Gasteiger partial charge is 0.284 e. The van der Waals surface area contributed by atoms with Gasteiger partial charge < -0.3 is 19.3 Å². The van der Waals surface area contributed by atoms with Crippen LogP contribution in [-0.4, -0.2) is 52.1 Å². The summed E-state index contributed by atoms with van der Waals surface area (Å²) in [5, 5.41) is 0. The quantitative estimate of drug-likeness (QED) is 0.446. The van der Waals surface area contributed by atoms with Crippen molar-refractivity contribution in [3.05, 3.63) is 89.7 Å². The average molecular weight is 483 g/mol. The lowest BCUT2D eigenvalue weighted by Crippen LogP contribution is -3.13. The molecule has 3 aromatic rings. The molecule has 2 heterocycles. The van der Waals surface area contributed by atoms with Crippen LogP contribution in [0.5, 0.6) is 11.5 Å². The Morgan fingerprint density at radius 2 is 1.65 bits per heavy atom. The zero-order valence-corrected chi connectivity index (χ0v) is 19.3. The van der Waals surface area contributed by atoms with E-state index in [0.717, 1.165) is 48.8 Å². The number of sulfonamides is 1. The molecule has 0 unspecified atom stereocenters. The molecule has 1 fully saturated rings. The standard InChI is InChI=1S/C25H24FN3O4S/c26-21-7-9-22(10-8-21)34(30,31)27-25(20-4-2-1-3-5-20)29-14-12-28(13-15-29)17-19-6-11-23-24(16-19)33-18-32-23/h1-11,16H,12-15,17-18H2/p+1. The number of piperazine rings is 1. The lowest BCUT2D eigenvalue weighted by molar-refractivity contribution is -0.917. The summed E-state index contributed by atoms with van der Waals surface area (Å²) in [5.41, 5.74) is 1.90. The second kappa shape index (κ2) is 9.44. The van der Waals surface area contributed by atoms with Gasteiger partial charge in [0.15, 0.2) is 11.5 Å². The van der Waals surface area contributed by atoms with Crippen LogP contribution >= 0.6 is 0 Å². The van der Waals surface area contributed by atoms with Gasteiger partial charge in [0.2, 0.25) is 6.79 Å². The molecule has 34 heavy (non-hydrogen) atoms. The van der Waals surface area contributed by atoms with Gasteiger partial charge in [0.25, 0.3) is 10.0 Å². The van der Waals surface area contributed by atoms with Gasteiger partial charge in [-0.3, -0.25) is 0 Å². The number of nitrogens with zero attached hydrogens (tertiary/aromatic N) is 2. The molecule has 0 radical (unpaired) electrons. The van der Waals surface area contributed by atoms with Gasteiger partial charge in [-0.15, -0.1) is 4.40 Å². The van der Waals surface area contributed by atoms with E-state index >= 15 is 0 Å². The molecule has 3 aromatic carbocycles. The second-order valence-corrected chi connectivity index (χ2v) is 9.92. The number of amidine groups is 1. The fourth-order valence-corrected chi connectivity index (χ4v) is 5.24. The maximum Gasteiger partial charge on any atom is 0.284 e. The van der Waals surface area contributed by atoms with Gasteiger partial charge >= 0.3 is 0 Å². The molecule has 2 aliphatic heterocycles. The van der Waals surface area contributed by atoms with E-state index < -0.39 is 15.8 Å². The predicted octanol–water partition coefficient (Wildman–Crippen LogP) is 2.09. The molecule has 2 aliphatic rings. The summed E-state index contributed by atoms with van der Waals surface area (Å²) in [6.07, 6.45) is 0. The first-order chi connectivity index (χ1) is 16.5. The van der Waals surface area contributed by atoms with Crippen LogP contribution in [0.25, 0.3) is 0 Å². The fraction of sp³-hybridized carbons (Fsp3) is 0.240. The molecule has 9 heteroatoms. The highest BCUT2D eigenvalue weighted by Gasteiger charge is 2.26. The summed E-state index contributed by atoms with van der Waals surface area (Å²) in [5.74, 6) is 1.47. The van der Waals surface area contributed by atoms with Crippen LogP contribution in [0.15, 0.2) is 82.1 Å². The van der Waals surface area contributed by atoms with E-state index in [9.17, 15) is 12.8 Å². The third kappa shape index (κ3) is 4.90. The van der Waals surface area contributed by atoms with E-state index in [4.69, 9.17) is 9.47 Å². The first-order valence-electron chi connectivity index (χ1n) is 11.1. The lowest BCUT2D eigenvalue weighted by atomic mass is 10.1. The van der Waals surface area contributed by atoms with Gasteiger partial charge in [-0.05, 0) is 42.5 Å². The van der Waals surface area contributed by atoms with Gasteiger partial charge in [0.1, 0.15) is 18.2 Å². The van der Waals surface area contributed by atoms with Gasteiger partial charge in [0, 0.05) is 11.1 Å². The maximum absolute atomic E-state index is 13.3. The Morgan fingerprint density at radius 1 is 0.941 bits per heavy atom. The predicted molar refractivity (Wildman–Crippen MR) is 125 cm³/mol. The van der Waals surface area contributed by atoms with E-state index in [1.807, 2.05) is 47.4 Å². The van der Waals surface area contributed by atoms with Crippen molar-refractivity contribution in [3.63, 3.8) is 0 Å². The molecule has 1 N–H and O–H groups in total. The summed E-state index contributed by atoms with van der Waals surface area (Å²) in [4.78, 5) is 3.37. The van der Waals surface area contributed by atoms with Gasteiger partial charge in [-0.2, -0.15) is 8.42 Å². The molecule has 1 saturated heterocycles. The topological polar surface area (TPSA) is 72.6 Å². The number of halogens is 1. The summed E-state index contributed by atoms with van der Waals surface area (Å²) >= 11 is 0. The SMILES string of the molecule is O=S(=O)(N=C(c1ccccc1)N1CC[NH+](Cc2ccc3c(c2)OCO3)CC1)c1ccc(F)cc1. The summed E-state index contributed by atoms with van der Waals surface area (Å²) in [6.45, 7) is 4.08. The molecule has 0 aromatic heterocycles. The molecule has 176 valence electrons.